The van der Waals surface area contributed by atoms with Crippen LogP contribution in [0.3, 0.4) is 0 Å². The van der Waals surface area contributed by atoms with Crippen molar-refractivity contribution in [1.82, 2.24) is 9.55 Å². The second-order valence-corrected chi connectivity index (χ2v) is 8.45. The summed E-state index contributed by atoms with van der Waals surface area (Å²) in [5.41, 5.74) is 0.748. The highest BCUT2D eigenvalue weighted by atomic mass is 32.2. The van der Waals surface area contributed by atoms with Gasteiger partial charge in [0.05, 0.1) is 15.9 Å². The van der Waals surface area contributed by atoms with Crippen molar-refractivity contribution in [2.75, 3.05) is 11.9 Å². The third-order valence-electron chi connectivity index (χ3n) is 4.58. The van der Waals surface area contributed by atoms with Gasteiger partial charge in [-0.1, -0.05) is 11.8 Å². The first-order valence-corrected chi connectivity index (χ1v) is 10.4. The molecular weight excluding hydrogens is 419 g/mol. The highest BCUT2D eigenvalue weighted by Gasteiger charge is 2.33. The van der Waals surface area contributed by atoms with Gasteiger partial charge in [0.1, 0.15) is 9.56 Å². The van der Waals surface area contributed by atoms with Crippen LogP contribution in [0.2, 0.25) is 0 Å². The number of thioether (sulfide) groups is 1. The number of rotatable bonds is 2. The molecule has 150 valence electrons. The second kappa shape index (κ2) is 7.38. The number of aromatic nitrogens is 2. The van der Waals surface area contributed by atoms with Gasteiger partial charge in [-0.15, -0.1) is 11.3 Å². The van der Waals surface area contributed by atoms with E-state index in [1.807, 2.05) is 25.1 Å². The minimum absolute atomic E-state index is 0.143. The topological polar surface area (TPSA) is 38.1 Å². The molecular formula is C20H16F3N3OS2. The van der Waals surface area contributed by atoms with Gasteiger partial charge in [-0.05, 0) is 48.9 Å². The molecule has 0 bridgehead atoms. The number of pyridine rings is 1. The molecule has 0 amide bonds. The van der Waals surface area contributed by atoms with Crippen molar-refractivity contribution < 1.29 is 13.2 Å². The fraction of sp³-hybridized carbons (Fsp3) is 0.200. The molecule has 0 radical (unpaired) electrons. The van der Waals surface area contributed by atoms with Crippen LogP contribution in [0.25, 0.3) is 11.1 Å². The molecule has 4 nitrogen and oxygen atoms in total. The largest absolute Gasteiger partial charge is 0.416 e. The maximum atomic E-state index is 13.1. The lowest BCUT2D eigenvalue weighted by Crippen LogP contribution is -2.33. The Bertz CT molecular complexity index is 1250. The molecule has 1 aromatic carbocycles. The van der Waals surface area contributed by atoms with E-state index in [-0.39, 0.29) is 5.56 Å². The lowest BCUT2D eigenvalue weighted by Gasteiger charge is -2.13. The summed E-state index contributed by atoms with van der Waals surface area (Å²) < 4.78 is 42.1. The number of anilines is 1. The van der Waals surface area contributed by atoms with Gasteiger partial charge in [-0.3, -0.25) is 14.3 Å². The fourth-order valence-corrected chi connectivity index (χ4v) is 5.62. The van der Waals surface area contributed by atoms with Crippen LogP contribution in [-0.4, -0.2) is 16.6 Å². The van der Waals surface area contributed by atoms with Gasteiger partial charge in [0.15, 0.2) is 0 Å². The first-order valence-electron chi connectivity index (χ1n) is 8.78. The van der Waals surface area contributed by atoms with Crippen LogP contribution < -0.4 is 19.7 Å². The van der Waals surface area contributed by atoms with Crippen LogP contribution in [0.1, 0.15) is 18.1 Å². The molecule has 2 aromatic heterocycles. The maximum Gasteiger partial charge on any atom is 0.416 e. The number of halogens is 3. The Labute approximate surface area is 172 Å². The van der Waals surface area contributed by atoms with E-state index in [0.29, 0.717) is 26.7 Å². The van der Waals surface area contributed by atoms with E-state index in [1.165, 1.54) is 29.2 Å². The summed E-state index contributed by atoms with van der Waals surface area (Å²) in [5.74, 6) is 0. The standard InChI is InChI=1S/C20H16F3N3OS2/c1-3-26-16(10-12-6-8-24-9-7-12)29-17(18(26)27)19-25(2)14-5-4-13(20(21,22)23)11-15(14)28-19/h4-11H,3H2,1-2H3. The second-order valence-electron chi connectivity index (χ2n) is 6.39. The van der Waals surface area contributed by atoms with Crippen LogP contribution in [0.5, 0.6) is 0 Å². The van der Waals surface area contributed by atoms with E-state index in [2.05, 4.69) is 4.98 Å². The molecule has 0 unspecified atom stereocenters. The van der Waals surface area contributed by atoms with E-state index < -0.39 is 11.7 Å². The molecule has 0 saturated heterocycles. The predicted molar refractivity (Wildman–Crippen MR) is 110 cm³/mol. The van der Waals surface area contributed by atoms with Crippen molar-refractivity contribution in [3.63, 3.8) is 0 Å². The zero-order valence-corrected chi connectivity index (χ0v) is 17.2. The van der Waals surface area contributed by atoms with Gasteiger partial charge in [-0.25, -0.2) is 0 Å². The van der Waals surface area contributed by atoms with E-state index in [0.717, 1.165) is 22.4 Å². The van der Waals surface area contributed by atoms with Gasteiger partial charge in [0, 0.05) is 30.9 Å². The zero-order chi connectivity index (χ0) is 20.8. The molecule has 1 aliphatic rings. The van der Waals surface area contributed by atoms with Gasteiger partial charge < -0.3 is 4.90 Å². The first-order chi connectivity index (χ1) is 13.8. The molecule has 3 heterocycles. The van der Waals surface area contributed by atoms with Gasteiger partial charge in [0.2, 0.25) is 0 Å². The first kappa shape index (κ1) is 19.8. The van der Waals surface area contributed by atoms with Crippen LogP contribution in [0, 0.1) is 0 Å². The number of alkyl halides is 3. The summed E-state index contributed by atoms with van der Waals surface area (Å²) in [6.07, 6.45) is 0.870. The van der Waals surface area contributed by atoms with Crippen molar-refractivity contribution in [2.24, 2.45) is 0 Å². The number of hydrogen-bond donors (Lipinski definition) is 0. The lowest BCUT2D eigenvalue weighted by molar-refractivity contribution is -0.137. The minimum atomic E-state index is -4.40. The Morgan fingerprint density at radius 1 is 1.17 bits per heavy atom. The Morgan fingerprint density at radius 2 is 1.90 bits per heavy atom. The van der Waals surface area contributed by atoms with Crippen molar-refractivity contribution in [2.45, 2.75) is 24.5 Å². The molecule has 0 saturated carbocycles. The summed E-state index contributed by atoms with van der Waals surface area (Å²) in [4.78, 5) is 19.3. The molecule has 0 N–H and O–H groups in total. The van der Waals surface area contributed by atoms with E-state index >= 15 is 0 Å². The minimum Gasteiger partial charge on any atom is -0.337 e. The maximum absolute atomic E-state index is 13.1. The lowest BCUT2D eigenvalue weighted by atomic mass is 10.2. The normalized spacial score (nSPS) is 16.4. The summed E-state index contributed by atoms with van der Waals surface area (Å²) in [6, 6.07) is 7.36. The average Bonchev–Trinajstić information content (AvgIpc) is 3.18. The van der Waals surface area contributed by atoms with E-state index in [9.17, 15) is 18.0 Å². The molecule has 0 atom stereocenters. The smallest absolute Gasteiger partial charge is 0.337 e. The summed E-state index contributed by atoms with van der Waals surface area (Å²) >= 11 is 2.54. The van der Waals surface area contributed by atoms with Crippen LogP contribution in [0.4, 0.5) is 18.9 Å². The molecule has 0 spiro atoms. The Kier molecular flexibility index (Phi) is 5.04. The van der Waals surface area contributed by atoms with Crippen molar-refractivity contribution in [1.29, 1.82) is 0 Å². The highest BCUT2D eigenvalue weighted by molar-refractivity contribution is 8.08. The molecule has 4 rings (SSSR count). The molecule has 0 fully saturated rings. The Morgan fingerprint density at radius 3 is 2.55 bits per heavy atom. The summed E-state index contributed by atoms with van der Waals surface area (Å²) in [7, 11) is 1.77. The number of benzene rings is 1. The molecule has 9 heteroatoms. The molecule has 0 aliphatic carbocycles. The van der Waals surface area contributed by atoms with Gasteiger partial charge in [-0.2, -0.15) is 13.2 Å². The SMILES string of the molecule is CCn1c(=Cc2ccncc2)sc(=C2Sc3cc(C(F)(F)F)ccc3N2C)c1=O. The van der Waals surface area contributed by atoms with Crippen LogP contribution >= 0.6 is 23.1 Å². The van der Waals surface area contributed by atoms with E-state index in [1.54, 1.807) is 28.9 Å². The Balaban J connectivity index is 1.88. The Hall–Kier alpha value is -2.52. The monoisotopic (exact) mass is 435 g/mol. The number of hydrogen-bond acceptors (Lipinski definition) is 5. The van der Waals surface area contributed by atoms with Crippen molar-refractivity contribution >= 4 is 39.9 Å². The van der Waals surface area contributed by atoms with Crippen molar-refractivity contribution in [3.8, 4) is 0 Å². The fourth-order valence-electron chi connectivity index (χ4n) is 3.10. The zero-order valence-electron chi connectivity index (χ0n) is 15.5. The molecule has 29 heavy (non-hydrogen) atoms. The average molecular weight is 435 g/mol. The highest BCUT2D eigenvalue weighted by Crippen LogP contribution is 2.47. The third kappa shape index (κ3) is 3.60. The molecule has 3 aromatic rings. The summed E-state index contributed by atoms with van der Waals surface area (Å²) in [6.45, 7) is 2.39. The third-order valence-corrected chi connectivity index (χ3v) is 7.05. The number of fused-ring (bicyclic) bond motifs is 1. The summed E-state index contributed by atoms with van der Waals surface area (Å²) in [5, 5.41) is 0.644. The van der Waals surface area contributed by atoms with Crippen molar-refractivity contribution in [3.05, 3.63) is 73.4 Å². The molecule has 1 aliphatic heterocycles. The van der Waals surface area contributed by atoms with E-state index in [4.69, 9.17) is 0 Å². The predicted octanol–water partition coefficient (Wildman–Crippen LogP) is 3.48. The van der Waals surface area contributed by atoms with Gasteiger partial charge in [0.25, 0.3) is 5.56 Å². The van der Waals surface area contributed by atoms with Crippen LogP contribution in [0.15, 0.2) is 52.4 Å². The quantitative estimate of drug-likeness (QED) is 0.618. The number of nitrogens with zero attached hydrogens (tertiary/aromatic N) is 3. The van der Waals surface area contributed by atoms with Gasteiger partial charge >= 0.3 is 6.18 Å². The van der Waals surface area contributed by atoms with Crippen LogP contribution in [-0.2, 0) is 12.7 Å². The number of thiazole rings is 1.